The molecular weight excluding hydrogens is 268 g/mol. The molecule has 0 amide bonds. The highest BCUT2D eigenvalue weighted by Crippen LogP contribution is 2.27. The number of hydrogen-bond donors (Lipinski definition) is 1. The Morgan fingerprint density at radius 3 is 2.25 bits per heavy atom. The minimum atomic E-state index is 0.472. The summed E-state index contributed by atoms with van der Waals surface area (Å²) in [5, 5.41) is 4.30. The number of nitrogens with one attached hydrogen (secondary N) is 1. The summed E-state index contributed by atoms with van der Waals surface area (Å²) in [5.74, 6) is 0.638. The van der Waals surface area contributed by atoms with Crippen molar-refractivity contribution in [1.29, 1.82) is 0 Å². The maximum atomic E-state index is 6.18. The number of anilines is 1. The van der Waals surface area contributed by atoms with Crippen molar-refractivity contribution in [3.8, 4) is 0 Å². The molecule has 0 spiro atoms. The van der Waals surface area contributed by atoms with Gasteiger partial charge in [-0.2, -0.15) is 0 Å². The Hall–Kier alpha value is -0.730. The van der Waals surface area contributed by atoms with Gasteiger partial charge in [-0.3, -0.25) is 0 Å². The molecule has 3 heteroatoms. The molecule has 0 radical (unpaired) electrons. The van der Waals surface area contributed by atoms with Crippen molar-refractivity contribution in [2.75, 3.05) is 11.4 Å². The van der Waals surface area contributed by atoms with Crippen LogP contribution in [0.15, 0.2) is 18.2 Å². The van der Waals surface area contributed by atoms with Gasteiger partial charge in [0.05, 0.1) is 0 Å². The van der Waals surface area contributed by atoms with Crippen LogP contribution in [0.4, 0.5) is 5.69 Å². The Balaban J connectivity index is 3.06. The second kappa shape index (κ2) is 7.90. The summed E-state index contributed by atoms with van der Waals surface area (Å²) in [6, 6.07) is 7.19. The standard InChI is InChI=1S/C17H29ClN2/c1-12(2)11-20(14(5)6)17-8-7-16(18)9-15(17)10-19-13(3)4/h7-9,12-14,19H,10-11H2,1-6H3. The third-order valence-electron chi connectivity index (χ3n) is 3.24. The van der Waals surface area contributed by atoms with E-state index in [1.54, 1.807) is 0 Å². The second-order valence-electron chi connectivity index (χ2n) is 6.45. The first-order valence-electron chi connectivity index (χ1n) is 7.59. The van der Waals surface area contributed by atoms with Crippen molar-refractivity contribution in [2.45, 2.75) is 60.2 Å². The lowest BCUT2D eigenvalue weighted by atomic mass is 10.1. The lowest BCUT2D eigenvalue weighted by Gasteiger charge is -2.33. The molecule has 2 nitrogen and oxygen atoms in total. The van der Waals surface area contributed by atoms with Crippen LogP contribution in [0.1, 0.15) is 47.1 Å². The van der Waals surface area contributed by atoms with E-state index >= 15 is 0 Å². The fraction of sp³-hybridized carbons (Fsp3) is 0.647. The molecule has 20 heavy (non-hydrogen) atoms. The first kappa shape index (κ1) is 17.3. The van der Waals surface area contributed by atoms with Crippen LogP contribution in [0.25, 0.3) is 0 Å². The quantitative estimate of drug-likeness (QED) is 0.784. The first-order valence-corrected chi connectivity index (χ1v) is 7.97. The van der Waals surface area contributed by atoms with Crippen LogP contribution in [-0.2, 0) is 6.54 Å². The largest absolute Gasteiger partial charge is 0.369 e. The van der Waals surface area contributed by atoms with Gasteiger partial charge in [0.1, 0.15) is 0 Å². The van der Waals surface area contributed by atoms with Crippen LogP contribution < -0.4 is 10.2 Å². The van der Waals surface area contributed by atoms with Gasteiger partial charge in [-0.1, -0.05) is 39.3 Å². The highest BCUT2D eigenvalue weighted by atomic mass is 35.5. The fourth-order valence-corrected chi connectivity index (χ4v) is 2.47. The van der Waals surface area contributed by atoms with E-state index in [9.17, 15) is 0 Å². The number of halogens is 1. The summed E-state index contributed by atoms with van der Waals surface area (Å²) >= 11 is 6.18. The lowest BCUT2D eigenvalue weighted by molar-refractivity contribution is 0.560. The van der Waals surface area contributed by atoms with Crippen molar-refractivity contribution in [3.05, 3.63) is 28.8 Å². The van der Waals surface area contributed by atoms with Crippen molar-refractivity contribution in [3.63, 3.8) is 0 Å². The van der Waals surface area contributed by atoms with E-state index in [2.05, 4.69) is 63.9 Å². The smallest absolute Gasteiger partial charge is 0.0415 e. The van der Waals surface area contributed by atoms with Crippen molar-refractivity contribution >= 4 is 17.3 Å². The third-order valence-corrected chi connectivity index (χ3v) is 3.47. The summed E-state index contributed by atoms with van der Waals surface area (Å²) < 4.78 is 0. The van der Waals surface area contributed by atoms with E-state index in [4.69, 9.17) is 11.6 Å². The molecule has 0 aromatic heterocycles. The summed E-state index contributed by atoms with van der Waals surface area (Å²) in [4.78, 5) is 2.47. The molecule has 1 rings (SSSR count). The molecule has 0 aliphatic heterocycles. The lowest BCUT2D eigenvalue weighted by Crippen LogP contribution is -2.35. The van der Waals surface area contributed by atoms with E-state index in [0.29, 0.717) is 18.0 Å². The summed E-state index contributed by atoms with van der Waals surface area (Å²) in [7, 11) is 0. The number of benzene rings is 1. The molecule has 1 N–H and O–H groups in total. The SMILES string of the molecule is CC(C)CN(c1ccc(Cl)cc1CNC(C)C)C(C)C. The van der Waals surface area contributed by atoms with E-state index in [0.717, 1.165) is 18.1 Å². The van der Waals surface area contributed by atoms with Gasteiger partial charge in [0.25, 0.3) is 0 Å². The summed E-state index contributed by atoms with van der Waals surface area (Å²) in [5.41, 5.74) is 2.58. The Morgan fingerprint density at radius 1 is 1.10 bits per heavy atom. The fourth-order valence-electron chi connectivity index (χ4n) is 2.27. The van der Waals surface area contributed by atoms with Crippen LogP contribution in [0.2, 0.25) is 5.02 Å². The van der Waals surface area contributed by atoms with Crippen molar-refractivity contribution in [1.82, 2.24) is 5.32 Å². The molecule has 1 aromatic carbocycles. The zero-order chi connectivity index (χ0) is 15.3. The predicted octanol–water partition coefficient (Wildman–Crippen LogP) is 4.71. The van der Waals surface area contributed by atoms with Crippen molar-refractivity contribution < 1.29 is 0 Å². The minimum Gasteiger partial charge on any atom is -0.369 e. The highest BCUT2D eigenvalue weighted by Gasteiger charge is 2.16. The van der Waals surface area contributed by atoms with Gasteiger partial charge in [-0.25, -0.2) is 0 Å². The van der Waals surface area contributed by atoms with E-state index in [1.165, 1.54) is 11.3 Å². The Labute approximate surface area is 129 Å². The van der Waals surface area contributed by atoms with Gasteiger partial charge >= 0.3 is 0 Å². The number of nitrogens with zero attached hydrogens (tertiary/aromatic N) is 1. The monoisotopic (exact) mass is 296 g/mol. The van der Waals surface area contributed by atoms with E-state index in [1.807, 2.05) is 6.07 Å². The molecule has 0 bridgehead atoms. The van der Waals surface area contributed by atoms with Gasteiger partial charge in [0.2, 0.25) is 0 Å². The van der Waals surface area contributed by atoms with Gasteiger partial charge in [-0.15, -0.1) is 0 Å². The molecule has 0 aliphatic rings. The molecule has 0 saturated carbocycles. The molecule has 0 unspecified atom stereocenters. The number of hydrogen-bond acceptors (Lipinski definition) is 2. The van der Waals surface area contributed by atoms with Crippen LogP contribution in [0, 0.1) is 5.92 Å². The summed E-state index contributed by atoms with van der Waals surface area (Å²) in [6.45, 7) is 15.3. The summed E-state index contributed by atoms with van der Waals surface area (Å²) in [6.07, 6.45) is 0. The topological polar surface area (TPSA) is 15.3 Å². The average Bonchev–Trinajstić information content (AvgIpc) is 2.33. The third kappa shape index (κ3) is 5.34. The van der Waals surface area contributed by atoms with Crippen LogP contribution in [-0.4, -0.2) is 18.6 Å². The normalized spacial score (nSPS) is 11.7. The Morgan fingerprint density at radius 2 is 1.75 bits per heavy atom. The van der Waals surface area contributed by atoms with Gasteiger partial charge in [-0.05, 0) is 43.5 Å². The number of rotatable bonds is 7. The molecule has 0 atom stereocenters. The Kier molecular flexibility index (Phi) is 6.84. The van der Waals surface area contributed by atoms with E-state index in [-0.39, 0.29) is 0 Å². The van der Waals surface area contributed by atoms with Gasteiger partial charge in [0.15, 0.2) is 0 Å². The molecule has 0 fully saturated rings. The van der Waals surface area contributed by atoms with Crippen molar-refractivity contribution in [2.24, 2.45) is 5.92 Å². The van der Waals surface area contributed by atoms with Crippen LogP contribution >= 0.6 is 11.6 Å². The highest BCUT2D eigenvalue weighted by molar-refractivity contribution is 6.30. The molecule has 114 valence electrons. The average molecular weight is 297 g/mol. The molecule has 1 aromatic rings. The van der Waals surface area contributed by atoms with Gasteiger partial charge in [0, 0.05) is 35.9 Å². The molecule has 0 aliphatic carbocycles. The molecular formula is C17H29ClN2. The maximum Gasteiger partial charge on any atom is 0.0415 e. The van der Waals surface area contributed by atoms with E-state index < -0.39 is 0 Å². The van der Waals surface area contributed by atoms with Crippen LogP contribution in [0.5, 0.6) is 0 Å². The zero-order valence-corrected chi connectivity index (χ0v) is 14.5. The molecule has 0 heterocycles. The zero-order valence-electron chi connectivity index (χ0n) is 13.7. The minimum absolute atomic E-state index is 0.472. The maximum absolute atomic E-state index is 6.18. The Bertz CT molecular complexity index is 413. The van der Waals surface area contributed by atoms with Gasteiger partial charge < -0.3 is 10.2 Å². The predicted molar refractivity (Wildman–Crippen MR) is 90.7 cm³/mol. The first-order chi connectivity index (χ1) is 9.31. The molecule has 0 saturated heterocycles. The van der Waals surface area contributed by atoms with Crippen LogP contribution in [0.3, 0.4) is 0 Å². The second-order valence-corrected chi connectivity index (χ2v) is 6.89.